The molecule has 5 nitrogen and oxygen atoms in total. The highest BCUT2D eigenvalue weighted by atomic mass is 19.1. The van der Waals surface area contributed by atoms with Gasteiger partial charge in [0, 0.05) is 28.9 Å². The summed E-state index contributed by atoms with van der Waals surface area (Å²) in [7, 11) is 0. The van der Waals surface area contributed by atoms with Crippen molar-refractivity contribution < 1.29 is 13.9 Å². The van der Waals surface area contributed by atoms with Crippen LogP contribution in [0.3, 0.4) is 0 Å². The average molecular weight is 325 g/mol. The van der Waals surface area contributed by atoms with Crippen LogP contribution < -0.4 is 4.90 Å². The number of nitrogens with zero attached hydrogens (tertiary/aromatic N) is 2. The van der Waals surface area contributed by atoms with Crippen molar-refractivity contribution in [3.05, 3.63) is 48.7 Å². The van der Waals surface area contributed by atoms with E-state index in [9.17, 15) is 9.18 Å². The van der Waals surface area contributed by atoms with E-state index in [2.05, 4.69) is 9.97 Å². The van der Waals surface area contributed by atoms with Crippen molar-refractivity contribution in [1.29, 1.82) is 0 Å². The van der Waals surface area contributed by atoms with Crippen LogP contribution in [0, 0.1) is 5.82 Å². The predicted octanol–water partition coefficient (Wildman–Crippen LogP) is 4.10. The minimum Gasteiger partial charge on any atom is -0.444 e. The lowest BCUT2D eigenvalue weighted by Crippen LogP contribution is -2.24. The van der Waals surface area contributed by atoms with Gasteiger partial charge in [-0.15, -0.1) is 0 Å². The molecule has 0 saturated carbocycles. The predicted molar refractivity (Wildman–Crippen MR) is 89.4 cm³/mol. The first-order valence-electron chi connectivity index (χ1n) is 7.86. The third-order valence-corrected chi connectivity index (χ3v) is 4.36. The number of hydrogen-bond acceptors (Lipinski definition) is 3. The number of cyclic esters (lactones) is 1. The van der Waals surface area contributed by atoms with Gasteiger partial charge in [0.05, 0.1) is 23.9 Å². The number of carbonyl (C=O) groups excluding carboxylic acids is 1. The number of pyridine rings is 1. The molecule has 0 radical (unpaired) electrons. The van der Waals surface area contributed by atoms with Gasteiger partial charge in [-0.05, 0) is 30.7 Å². The summed E-state index contributed by atoms with van der Waals surface area (Å²) in [6, 6.07) is 6.69. The largest absolute Gasteiger partial charge is 0.444 e. The van der Waals surface area contributed by atoms with E-state index < -0.39 is 11.9 Å². The topological polar surface area (TPSA) is 58.2 Å². The van der Waals surface area contributed by atoms with E-state index in [-0.39, 0.29) is 6.10 Å². The molecule has 4 rings (SSSR count). The molecule has 1 aromatic carbocycles. The molecule has 1 fully saturated rings. The highest BCUT2D eigenvalue weighted by Crippen LogP contribution is 2.32. The minimum atomic E-state index is -0.427. The Kier molecular flexibility index (Phi) is 3.45. The number of nitrogens with one attached hydrogen (secondary N) is 1. The fourth-order valence-corrected chi connectivity index (χ4v) is 3.03. The standard InChI is InChI=1S/C18H16FN3O2/c1-2-12-10-22(18(23)24-12)11-3-4-13(16(19)7-11)15-8-20-9-17-14(15)5-6-21-17/h3-9,12,21H,2,10H2,1H3. The van der Waals surface area contributed by atoms with Gasteiger partial charge in [-0.3, -0.25) is 9.88 Å². The Morgan fingerprint density at radius 2 is 2.21 bits per heavy atom. The maximum atomic E-state index is 14.7. The summed E-state index contributed by atoms with van der Waals surface area (Å²) in [5, 5.41) is 0.906. The first kappa shape index (κ1) is 14.7. The van der Waals surface area contributed by atoms with Crippen molar-refractivity contribution in [3.63, 3.8) is 0 Å². The third kappa shape index (κ3) is 2.31. The molecule has 0 bridgehead atoms. The summed E-state index contributed by atoms with van der Waals surface area (Å²) in [6.07, 6.45) is 5.32. The highest BCUT2D eigenvalue weighted by molar-refractivity contribution is 5.95. The lowest BCUT2D eigenvalue weighted by Gasteiger charge is -2.14. The quantitative estimate of drug-likeness (QED) is 0.788. The van der Waals surface area contributed by atoms with Crippen LogP contribution in [-0.2, 0) is 4.74 Å². The van der Waals surface area contributed by atoms with Gasteiger partial charge < -0.3 is 9.72 Å². The molecule has 3 heterocycles. The number of amides is 1. The Morgan fingerprint density at radius 3 is 2.96 bits per heavy atom. The van der Waals surface area contributed by atoms with Crippen LogP contribution in [0.25, 0.3) is 22.0 Å². The van der Waals surface area contributed by atoms with Crippen LogP contribution in [-0.4, -0.2) is 28.7 Å². The molecule has 0 aliphatic carbocycles. The van der Waals surface area contributed by atoms with Crippen LogP contribution in [0.5, 0.6) is 0 Å². The van der Waals surface area contributed by atoms with E-state index in [4.69, 9.17) is 4.74 Å². The van der Waals surface area contributed by atoms with Gasteiger partial charge in [-0.2, -0.15) is 0 Å². The van der Waals surface area contributed by atoms with E-state index in [1.807, 2.05) is 13.0 Å². The number of halogens is 1. The summed E-state index contributed by atoms with van der Waals surface area (Å²) in [6.45, 7) is 2.40. The summed E-state index contributed by atoms with van der Waals surface area (Å²) in [5.74, 6) is -0.393. The minimum absolute atomic E-state index is 0.141. The van der Waals surface area contributed by atoms with Crippen molar-refractivity contribution in [2.45, 2.75) is 19.4 Å². The van der Waals surface area contributed by atoms with Crippen LogP contribution in [0.2, 0.25) is 0 Å². The van der Waals surface area contributed by atoms with Gasteiger partial charge in [-0.1, -0.05) is 6.92 Å². The van der Waals surface area contributed by atoms with E-state index in [1.54, 1.807) is 30.7 Å². The van der Waals surface area contributed by atoms with Crippen molar-refractivity contribution in [3.8, 4) is 11.1 Å². The highest BCUT2D eigenvalue weighted by Gasteiger charge is 2.31. The van der Waals surface area contributed by atoms with Gasteiger partial charge in [-0.25, -0.2) is 9.18 Å². The van der Waals surface area contributed by atoms with Gasteiger partial charge in [0.25, 0.3) is 0 Å². The van der Waals surface area contributed by atoms with Gasteiger partial charge >= 0.3 is 6.09 Å². The van der Waals surface area contributed by atoms with Gasteiger partial charge in [0.15, 0.2) is 0 Å². The molecule has 2 aromatic heterocycles. The van der Waals surface area contributed by atoms with Crippen LogP contribution in [0.4, 0.5) is 14.9 Å². The summed E-state index contributed by atoms with van der Waals surface area (Å²) >= 11 is 0. The van der Waals surface area contributed by atoms with Gasteiger partial charge in [0.2, 0.25) is 0 Å². The molecule has 1 unspecified atom stereocenters. The Morgan fingerprint density at radius 1 is 1.33 bits per heavy atom. The molecule has 24 heavy (non-hydrogen) atoms. The lowest BCUT2D eigenvalue weighted by molar-refractivity contribution is 0.139. The monoisotopic (exact) mass is 325 g/mol. The number of ether oxygens (including phenoxy) is 1. The summed E-state index contributed by atoms with van der Waals surface area (Å²) < 4.78 is 19.9. The van der Waals surface area contributed by atoms with Crippen molar-refractivity contribution in [1.82, 2.24) is 9.97 Å². The summed E-state index contributed by atoms with van der Waals surface area (Å²) in [4.78, 5) is 20.6. The fraction of sp³-hybridized carbons (Fsp3) is 0.222. The van der Waals surface area contributed by atoms with Crippen LogP contribution in [0.1, 0.15) is 13.3 Å². The zero-order chi connectivity index (χ0) is 16.7. The maximum absolute atomic E-state index is 14.7. The molecule has 1 aliphatic heterocycles. The molecule has 1 saturated heterocycles. The molecule has 0 spiro atoms. The van der Waals surface area contributed by atoms with E-state index in [0.29, 0.717) is 23.4 Å². The number of rotatable bonds is 3. The Bertz CT molecular complexity index is 922. The maximum Gasteiger partial charge on any atom is 0.414 e. The first-order chi connectivity index (χ1) is 11.7. The van der Waals surface area contributed by atoms with Crippen molar-refractivity contribution in [2.24, 2.45) is 0 Å². The van der Waals surface area contributed by atoms with Crippen LogP contribution >= 0.6 is 0 Å². The smallest absolute Gasteiger partial charge is 0.414 e. The Labute approximate surface area is 138 Å². The zero-order valence-electron chi connectivity index (χ0n) is 13.1. The normalized spacial score (nSPS) is 17.5. The molecule has 122 valence electrons. The molecule has 1 N–H and O–H groups in total. The van der Waals surface area contributed by atoms with E-state index >= 15 is 0 Å². The molecule has 1 amide bonds. The Hall–Kier alpha value is -2.89. The molecular formula is C18H16FN3O2. The first-order valence-corrected chi connectivity index (χ1v) is 7.86. The molecule has 1 aliphatic rings. The number of benzene rings is 1. The van der Waals surface area contributed by atoms with E-state index in [0.717, 1.165) is 17.3 Å². The lowest BCUT2D eigenvalue weighted by atomic mass is 10.0. The second-order valence-corrected chi connectivity index (χ2v) is 5.81. The van der Waals surface area contributed by atoms with Gasteiger partial charge in [0.1, 0.15) is 11.9 Å². The summed E-state index contributed by atoms with van der Waals surface area (Å²) in [5.41, 5.74) is 2.53. The molecular weight excluding hydrogens is 309 g/mol. The molecule has 1 atom stereocenters. The average Bonchev–Trinajstić information content (AvgIpc) is 3.20. The van der Waals surface area contributed by atoms with Crippen molar-refractivity contribution in [2.75, 3.05) is 11.4 Å². The second kappa shape index (κ2) is 5.63. The number of carbonyl (C=O) groups is 1. The van der Waals surface area contributed by atoms with Crippen LogP contribution in [0.15, 0.2) is 42.9 Å². The SMILES string of the molecule is CCC1CN(c2ccc(-c3cncc4[nH]ccc34)c(F)c2)C(=O)O1. The van der Waals surface area contributed by atoms with Crippen molar-refractivity contribution >= 4 is 22.7 Å². The number of H-pyrrole nitrogens is 1. The zero-order valence-corrected chi connectivity index (χ0v) is 13.1. The second-order valence-electron chi connectivity index (χ2n) is 5.81. The number of aromatic amines is 1. The van der Waals surface area contributed by atoms with E-state index in [1.165, 1.54) is 11.0 Å². The third-order valence-electron chi connectivity index (χ3n) is 4.36. The number of aromatic nitrogens is 2. The fourth-order valence-electron chi connectivity index (χ4n) is 3.03. The number of anilines is 1. The molecule has 3 aromatic rings. The number of fused-ring (bicyclic) bond motifs is 1. The number of hydrogen-bond donors (Lipinski definition) is 1. The molecule has 6 heteroatoms. The Balaban J connectivity index is 1.73.